The van der Waals surface area contributed by atoms with E-state index in [0.29, 0.717) is 12.0 Å². The van der Waals surface area contributed by atoms with Gasteiger partial charge in [0.15, 0.2) is 0 Å². The van der Waals surface area contributed by atoms with Crippen LogP contribution in [0.4, 0.5) is 0 Å². The number of esters is 1. The van der Waals surface area contributed by atoms with Crippen molar-refractivity contribution < 1.29 is 14.3 Å². The molecule has 0 aliphatic heterocycles. The van der Waals surface area contributed by atoms with Gasteiger partial charge in [0, 0.05) is 0 Å². The number of ether oxygens (including phenoxy) is 2. The molecule has 3 heteroatoms. The van der Waals surface area contributed by atoms with E-state index in [1.807, 2.05) is 0 Å². The van der Waals surface area contributed by atoms with Gasteiger partial charge in [-0.3, -0.25) is 0 Å². The Hall–Kier alpha value is -0.570. The molecule has 0 radical (unpaired) electrons. The molecular weight excluding hydrogens is 192 g/mol. The molecule has 1 aliphatic carbocycles. The number of carbonyl (C=O) groups is 1. The van der Waals surface area contributed by atoms with Crippen LogP contribution in [-0.2, 0) is 14.3 Å². The van der Waals surface area contributed by atoms with E-state index in [1.165, 1.54) is 12.8 Å². The second-order valence-electron chi connectivity index (χ2n) is 4.98. The summed E-state index contributed by atoms with van der Waals surface area (Å²) in [6.45, 7) is 6.92. The first-order chi connectivity index (χ1) is 7.03. The topological polar surface area (TPSA) is 35.5 Å². The summed E-state index contributed by atoms with van der Waals surface area (Å²) in [4.78, 5) is 11.1. The Labute approximate surface area is 92.1 Å². The van der Waals surface area contributed by atoms with E-state index < -0.39 is 0 Å². The zero-order valence-electron chi connectivity index (χ0n) is 10.0. The van der Waals surface area contributed by atoms with Gasteiger partial charge < -0.3 is 9.47 Å². The maximum absolute atomic E-state index is 11.1. The Morgan fingerprint density at radius 2 is 1.93 bits per heavy atom. The smallest absolute Gasteiger partial charge is 0.332 e. The highest BCUT2D eigenvalue weighted by atomic mass is 16.6. The van der Waals surface area contributed by atoms with Gasteiger partial charge in [-0.15, -0.1) is 0 Å². The van der Waals surface area contributed by atoms with E-state index in [9.17, 15) is 4.79 Å². The summed E-state index contributed by atoms with van der Waals surface area (Å²) in [7, 11) is 0. The first kappa shape index (κ1) is 12.5. The number of hydrogen-bond acceptors (Lipinski definition) is 3. The SMILES string of the molecule is CCOC(=O)COC1CCC(C)(C)CC1. The van der Waals surface area contributed by atoms with Gasteiger partial charge in [-0.25, -0.2) is 4.79 Å². The number of carbonyl (C=O) groups excluding carboxylic acids is 1. The molecule has 0 bridgehead atoms. The van der Waals surface area contributed by atoms with Gasteiger partial charge in [-0.05, 0) is 38.0 Å². The van der Waals surface area contributed by atoms with Crippen LogP contribution >= 0.6 is 0 Å². The molecule has 0 N–H and O–H groups in total. The standard InChI is InChI=1S/C12H22O3/c1-4-14-11(13)9-15-10-5-7-12(2,3)8-6-10/h10H,4-9H2,1-3H3. The Morgan fingerprint density at radius 3 is 2.47 bits per heavy atom. The highest BCUT2D eigenvalue weighted by Gasteiger charge is 2.27. The summed E-state index contributed by atoms with van der Waals surface area (Å²) >= 11 is 0. The number of hydrogen-bond donors (Lipinski definition) is 0. The quantitative estimate of drug-likeness (QED) is 0.675. The molecule has 88 valence electrons. The van der Waals surface area contributed by atoms with Crippen LogP contribution < -0.4 is 0 Å². The van der Waals surface area contributed by atoms with Gasteiger partial charge in [0.2, 0.25) is 0 Å². The summed E-state index contributed by atoms with van der Waals surface area (Å²) in [6.07, 6.45) is 4.74. The molecule has 1 aliphatic rings. The molecule has 0 heterocycles. The number of rotatable bonds is 4. The van der Waals surface area contributed by atoms with Crippen LogP contribution in [0.15, 0.2) is 0 Å². The van der Waals surface area contributed by atoms with E-state index in [1.54, 1.807) is 6.92 Å². The summed E-state index contributed by atoms with van der Waals surface area (Å²) in [5.41, 5.74) is 0.448. The fourth-order valence-corrected chi connectivity index (χ4v) is 1.93. The lowest BCUT2D eigenvalue weighted by Gasteiger charge is -2.33. The molecule has 15 heavy (non-hydrogen) atoms. The second-order valence-corrected chi connectivity index (χ2v) is 4.98. The molecule has 0 amide bonds. The van der Waals surface area contributed by atoms with Crippen LogP contribution in [0.2, 0.25) is 0 Å². The van der Waals surface area contributed by atoms with Crippen molar-refractivity contribution >= 4 is 5.97 Å². The predicted octanol–water partition coefficient (Wildman–Crippen LogP) is 2.53. The zero-order chi connectivity index (χ0) is 11.3. The van der Waals surface area contributed by atoms with Crippen molar-refractivity contribution in [1.82, 2.24) is 0 Å². The van der Waals surface area contributed by atoms with E-state index in [0.717, 1.165) is 12.8 Å². The minimum atomic E-state index is -0.248. The lowest BCUT2D eigenvalue weighted by atomic mass is 9.76. The highest BCUT2D eigenvalue weighted by Crippen LogP contribution is 2.36. The summed E-state index contributed by atoms with van der Waals surface area (Å²) in [5.74, 6) is -0.248. The van der Waals surface area contributed by atoms with Crippen LogP contribution in [0.3, 0.4) is 0 Å². The highest BCUT2D eigenvalue weighted by molar-refractivity contribution is 5.70. The predicted molar refractivity (Wildman–Crippen MR) is 58.6 cm³/mol. The largest absolute Gasteiger partial charge is 0.464 e. The van der Waals surface area contributed by atoms with Crippen molar-refractivity contribution in [2.75, 3.05) is 13.2 Å². The second kappa shape index (κ2) is 5.50. The normalized spacial score (nSPS) is 21.3. The van der Waals surface area contributed by atoms with Crippen LogP contribution in [-0.4, -0.2) is 25.3 Å². The summed E-state index contributed by atoms with van der Waals surface area (Å²) in [6, 6.07) is 0. The molecule has 1 saturated carbocycles. The first-order valence-electron chi connectivity index (χ1n) is 5.81. The van der Waals surface area contributed by atoms with Crippen molar-refractivity contribution in [3.8, 4) is 0 Å². The van der Waals surface area contributed by atoms with Crippen molar-refractivity contribution in [2.45, 2.75) is 52.6 Å². The molecule has 0 aromatic carbocycles. The van der Waals surface area contributed by atoms with Gasteiger partial charge in [0.1, 0.15) is 6.61 Å². The zero-order valence-corrected chi connectivity index (χ0v) is 10.0. The maximum Gasteiger partial charge on any atom is 0.332 e. The first-order valence-corrected chi connectivity index (χ1v) is 5.81. The molecule has 0 spiro atoms. The fraction of sp³-hybridized carbons (Fsp3) is 0.917. The lowest BCUT2D eigenvalue weighted by molar-refractivity contribution is -0.151. The lowest BCUT2D eigenvalue weighted by Crippen LogP contribution is -2.28. The molecule has 1 rings (SSSR count). The van der Waals surface area contributed by atoms with Crippen molar-refractivity contribution in [2.24, 2.45) is 5.41 Å². The third-order valence-corrected chi connectivity index (χ3v) is 3.03. The van der Waals surface area contributed by atoms with Gasteiger partial charge in [-0.1, -0.05) is 13.8 Å². The van der Waals surface area contributed by atoms with Crippen molar-refractivity contribution in [3.05, 3.63) is 0 Å². The van der Waals surface area contributed by atoms with Gasteiger partial charge in [0.05, 0.1) is 12.7 Å². The Kier molecular flexibility index (Phi) is 4.58. The minimum absolute atomic E-state index is 0.110. The molecule has 0 aromatic rings. The molecule has 0 saturated heterocycles. The third kappa shape index (κ3) is 4.65. The maximum atomic E-state index is 11.1. The van der Waals surface area contributed by atoms with Gasteiger partial charge in [-0.2, -0.15) is 0 Å². The van der Waals surface area contributed by atoms with Gasteiger partial charge in [0.25, 0.3) is 0 Å². The average molecular weight is 214 g/mol. The van der Waals surface area contributed by atoms with Gasteiger partial charge >= 0.3 is 5.97 Å². The summed E-state index contributed by atoms with van der Waals surface area (Å²) in [5, 5.41) is 0. The van der Waals surface area contributed by atoms with E-state index >= 15 is 0 Å². The van der Waals surface area contributed by atoms with Crippen LogP contribution in [0.5, 0.6) is 0 Å². The molecular formula is C12H22O3. The fourth-order valence-electron chi connectivity index (χ4n) is 1.93. The van der Waals surface area contributed by atoms with Crippen molar-refractivity contribution in [3.63, 3.8) is 0 Å². The monoisotopic (exact) mass is 214 g/mol. The molecule has 1 fully saturated rings. The molecule has 3 nitrogen and oxygen atoms in total. The van der Waals surface area contributed by atoms with E-state index in [2.05, 4.69) is 13.8 Å². The molecule has 0 atom stereocenters. The average Bonchev–Trinajstić information content (AvgIpc) is 2.17. The molecule has 0 aromatic heterocycles. The third-order valence-electron chi connectivity index (χ3n) is 3.03. The minimum Gasteiger partial charge on any atom is -0.464 e. The molecule has 0 unspecified atom stereocenters. The van der Waals surface area contributed by atoms with Crippen LogP contribution in [0.25, 0.3) is 0 Å². The van der Waals surface area contributed by atoms with E-state index in [4.69, 9.17) is 9.47 Å². The van der Waals surface area contributed by atoms with Crippen LogP contribution in [0, 0.1) is 5.41 Å². The Morgan fingerprint density at radius 1 is 1.33 bits per heavy atom. The van der Waals surface area contributed by atoms with Crippen LogP contribution in [0.1, 0.15) is 46.5 Å². The Bertz CT molecular complexity index is 201. The van der Waals surface area contributed by atoms with E-state index in [-0.39, 0.29) is 18.7 Å². The summed E-state index contributed by atoms with van der Waals surface area (Å²) < 4.78 is 10.3. The van der Waals surface area contributed by atoms with Crippen molar-refractivity contribution in [1.29, 1.82) is 0 Å². The Balaban J connectivity index is 2.16.